The zero-order valence-electron chi connectivity index (χ0n) is 10.3. The molecule has 1 aliphatic carbocycles. The highest BCUT2D eigenvalue weighted by atomic mass is 32.1. The second-order valence-corrected chi connectivity index (χ2v) is 6.17. The fraction of sp³-hybridized carbons (Fsp3) is 0.500. The quantitative estimate of drug-likeness (QED) is 0.896. The first-order valence-corrected chi connectivity index (χ1v) is 7.11. The normalized spacial score (nSPS) is 25.1. The molecule has 1 heterocycles. The number of benzene rings is 1. The van der Waals surface area contributed by atoms with E-state index in [1.807, 2.05) is 11.3 Å². The highest BCUT2D eigenvalue weighted by molar-refractivity contribution is 7.18. The predicted molar refractivity (Wildman–Crippen MR) is 73.4 cm³/mol. The summed E-state index contributed by atoms with van der Waals surface area (Å²) < 4.78 is 1.31. The van der Waals surface area contributed by atoms with Gasteiger partial charge in [-0.05, 0) is 37.4 Å². The molecule has 90 valence electrons. The second-order valence-electron chi connectivity index (χ2n) is 5.05. The topological polar surface area (TPSA) is 24.9 Å². The van der Waals surface area contributed by atoms with Gasteiger partial charge in [0.2, 0.25) is 0 Å². The number of nitrogens with one attached hydrogen (secondary N) is 1. The summed E-state index contributed by atoms with van der Waals surface area (Å²) in [6, 6.07) is 9.01. The Bertz CT molecular complexity index is 487. The van der Waals surface area contributed by atoms with E-state index in [-0.39, 0.29) is 0 Å². The molecule has 1 aromatic carbocycles. The molecule has 0 saturated heterocycles. The number of hydrogen-bond acceptors (Lipinski definition) is 3. The molecule has 1 N–H and O–H groups in total. The minimum atomic E-state index is 0.602. The summed E-state index contributed by atoms with van der Waals surface area (Å²) in [7, 11) is 2.07. The molecular weight excluding hydrogens is 228 g/mol. The van der Waals surface area contributed by atoms with Crippen LogP contribution in [0.5, 0.6) is 0 Å². The van der Waals surface area contributed by atoms with Crippen LogP contribution in [0.4, 0.5) is 0 Å². The SMILES string of the molecule is CNC(Cc1nc2ccccc2s1)C1CC1C. The summed E-state index contributed by atoms with van der Waals surface area (Å²) in [5.41, 5.74) is 1.14. The Hall–Kier alpha value is -0.930. The number of thiazole rings is 1. The predicted octanol–water partition coefficient (Wildman–Crippen LogP) is 3.08. The Morgan fingerprint density at radius 3 is 2.88 bits per heavy atom. The average Bonchev–Trinajstić information content (AvgIpc) is 2.92. The third kappa shape index (κ3) is 2.22. The molecule has 0 aliphatic heterocycles. The Labute approximate surface area is 106 Å². The van der Waals surface area contributed by atoms with Crippen molar-refractivity contribution in [1.82, 2.24) is 10.3 Å². The van der Waals surface area contributed by atoms with Gasteiger partial charge in [0.1, 0.15) is 0 Å². The molecule has 1 aromatic heterocycles. The molecule has 2 aromatic rings. The van der Waals surface area contributed by atoms with Gasteiger partial charge in [-0.3, -0.25) is 0 Å². The zero-order chi connectivity index (χ0) is 11.8. The number of aromatic nitrogens is 1. The largest absolute Gasteiger partial charge is 0.316 e. The van der Waals surface area contributed by atoms with Crippen LogP contribution in [0.1, 0.15) is 18.4 Å². The number of hydrogen-bond donors (Lipinski definition) is 1. The maximum atomic E-state index is 4.71. The van der Waals surface area contributed by atoms with E-state index in [0.29, 0.717) is 6.04 Å². The van der Waals surface area contributed by atoms with Crippen molar-refractivity contribution in [2.24, 2.45) is 11.8 Å². The van der Waals surface area contributed by atoms with Crippen molar-refractivity contribution < 1.29 is 0 Å². The molecule has 0 bridgehead atoms. The van der Waals surface area contributed by atoms with E-state index < -0.39 is 0 Å². The van der Waals surface area contributed by atoms with E-state index in [0.717, 1.165) is 23.8 Å². The standard InChI is InChI=1S/C14H18N2S/c1-9-7-10(9)12(15-2)8-14-16-11-5-3-4-6-13(11)17-14/h3-6,9-10,12,15H,7-8H2,1-2H3. The summed E-state index contributed by atoms with van der Waals surface area (Å²) in [5, 5.41) is 4.72. The van der Waals surface area contributed by atoms with Crippen molar-refractivity contribution in [3.05, 3.63) is 29.3 Å². The van der Waals surface area contributed by atoms with E-state index in [1.54, 1.807) is 0 Å². The summed E-state index contributed by atoms with van der Waals surface area (Å²) in [6.45, 7) is 2.34. The summed E-state index contributed by atoms with van der Waals surface area (Å²) in [4.78, 5) is 4.71. The van der Waals surface area contributed by atoms with Crippen LogP contribution in [0, 0.1) is 11.8 Å². The number of rotatable bonds is 4. The van der Waals surface area contributed by atoms with Crippen molar-refractivity contribution in [2.45, 2.75) is 25.8 Å². The van der Waals surface area contributed by atoms with Crippen LogP contribution >= 0.6 is 11.3 Å². The van der Waals surface area contributed by atoms with Gasteiger partial charge in [-0.15, -0.1) is 11.3 Å². The van der Waals surface area contributed by atoms with Crippen molar-refractivity contribution in [3.63, 3.8) is 0 Å². The molecule has 0 radical (unpaired) electrons. The van der Waals surface area contributed by atoms with Crippen molar-refractivity contribution in [2.75, 3.05) is 7.05 Å². The van der Waals surface area contributed by atoms with Gasteiger partial charge in [-0.25, -0.2) is 4.98 Å². The van der Waals surface area contributed by atoms with Gasteiger partial charge < -0.3 is 5.32 Å². The van der Waals surface area contributed by atoms with Crippen LogP contribution in [0.25, 0.3) is 10.2 Å². The third-order valence-electron chi connectivity index (χ3n) is 3.79. The molecule has 1 fully saturated rings. The van der Waals surface area contributed by atoms with Gasteiger partial charge >= 0.3 is 0 Å². The fourth-order valence-corrected chi connectivity index (χ4v) is 3.60. The van der Waals surface area contributed by atoms with E-state index >= 15 is 0 Å². The molecule has 1 saturated carbocycles. The zero-order valence-corrected chi connectivity index (χ0v) is 11.1. The highest BCUT2D eigenvalue weighted by Crippen LogP contribution is 2.41. The van der Waals surface area contributed by atoms with Crippen LogP contribution in [0.15, 0.2) is 24.3 Å². The minimum absolute atomic E-state index is 0.602. The van der Waals surface area contributed by atoms with E-state index in [4.69, 9.17) is 4.98 Å². The number of likely N-dealkylation sites (N-methyl/N-ethyl adjacent to an activating group) is 1. The molecule has 3 heteroatoms. The van der Waals surface area contributed by atoms with Crippen LogP contribution in [-0.4, -0.2) is 18.1 Å². The molecule has 2 nitrogen and oxygen atoms in total. The molecule has 17 heavy (non-hydrogen) atoms. The van der Waals surface area contributed by atoms with Crippen LogP contribution < -0.4 is 5.32 Å². The summed E-state index contributed by atoms with van der Waals surface area (Å²) in [6.07, 6.45) is 2.45. The lowest BCUT2D eigenvalue weighted by Gasteiger charge is -2.13. The summed E-state index contributed by atoms with van der Waals surface area (Å²) >= 11 is 1.84. The molecule has 3 unspecified atom stereocenters. The van der Waals surface area contributed by atoms with Crippen LogP contribution in [0.3, 0.4) is 0 Å². The van der Waals surface area contributed by atoms with E-state index in [1.165, 1.54) is 16.1 Å². The minimum Gasteiger partial charge on any atom is -0.316 e. The first kappa shape index (κ1) is 11.2. The van der Waals surface area contributed by atoms with Crippen molar-refractivity contribution in [1.29, 1.82) is 0 Å². The molecule has 3 atom stereocenters. The lowest BCUT2D eigenvalue weighted by Crippen LogP contribution is -2.30. The van der Waals surface area contributed by atoms with Crippen molar-refractivity contribution in [3.8, 4) is 0 Å². The first-order valence-electron chi connectivity index (χ1n) is 6.29. The molecule has 3 rings (SSSR count). The lowest BCUT2D eigenvalue weighted by atomic mass is 10.1. The van der Waals surface area contributed by atoms with Gasteiger partial charge in [0.05, 0.1) is 15.2 Å². The molecule has 1 aliphatic rings. The van der Waals surface area contributed by atoms with E-state index in [2.05, 4.69) is 43.6 Å². The van der Waals surface area contributed by atoms with Crippen molar-refractivity contribution >= 4 is 21.6 Å². The molecule has 0 spiro atoms. The third-order valence-corrected chi connectivity index (χ3v) is 4.85. The Kier molecular flexibility index (Phi) is 2.89. The van der Waals surface area contributed by atoms with Crippen LogP contribution in [-0.2, 0) is 6.42 Å². The fourth-order valence-electron chi connectivity index (χ4n) is 2.57. The lowest BCUT2D eigenvalue weighted by molar-refractivity contribution is 0.479. The number of nitrogens with zero attached hydrogens (tertiary/aromatic N) is 1. The summed E-state index contributed by atoms with van der Waals surface area (Å²) in [5.74, 6) is 1.74. The van der Waals surface area contributed by atoms with Gasteiger partial charge in [0, 0.05) is 12.5 Å². The smallest absolute Gasteiger partial charge is 0.0954 e. The Morgan fingerprint density at radius 1 is 1.47 bits per heavy atom. The average molecular weight is 246 g/mol. The monoisotopic (exact) mass is 246 g/mol. The Morgan fingerprint density at radius 2 is 2.24 bits per heavy atom. The number of fused-ring (bicyclic) bond motifs is 1. The van der Waals surface area contributed by atoms with Gasteiger partial charge in [-0.1, -0.05) is 19.1 Å². The van der Waals surface area contributed by atoms with Gasteiger partial charge in [-0.2, -0.15) is 0 Å². The first-order chi connectivity index (χ1) is 8.28. The highest BCUT2D eigenvalue weighted by Gasteiger charge is 2.38. The number of para-hydroxylation sites is 1. The van der Waals surface area contributed by atoms with Gasteiger partial charge in [0.25, 0.3) is 0 Å². The van der Waals surface area contributed by atoms with E-state index in [9.17, 15) is 0 Å². The maximum Gasteiger partial charge on any atom is 0.0954 e. The molecule has 0 amide bonds. The Balaban J connectivity index is 1.79. The van der Waals surface area contributed by atoms with Crippen LogP contribution in [0.2, 0.25) is 0 Å². The van der Waals surface area contributed by atoms with Gasteiger partial charge in [0.15, 0.2) is 0 Å². The second kappa shape index (κ2) is 4.39. The molecular formula is C14H18N2S. The maximum absolute atomic E-state index is 4.71.